The van der Waals surface area contributed by atoms with E-state index in [2.05, 4.69) is 43.7 Å². The molecule has 4 unspecified atom stereocenters. The summed E-state index contributed by atoms with van der Waals surface area (Å²) in [6.45, 7) is 5.75. The number of ether oxygens (including phenoxy) is 6. The fraction of sp³-hybridized carbons (Fsp3) is 0.667. The molecule has 0 fully saturated rings. The van der Waals surface area contributed by atoms with Crippen molar-refractivity contribution in [2.75, 3.05) is 85.0 Å². The van der Waals surface area contributed by atoms with Gasteiger partial charge in [-0.1, -0.05) is 38.3 Å². The van der Waals surface area contributed by atoms with Gasteiger partial charge in [-0.05, 0) is 62.1 Å². The lowest BCUT2D eigenvalue weighted by Gasteiger charge is -2.27. The first kappa shape index (κ1) is 56.8. The summed E-state index contributed by atoms with van der Waals surface area (Å²) in [5.74, 6) is 2.35. The molecule has 0 saturated heterocycles. The molecule has 0 heterocycles. The summed E-state index contributed by atoms with van der Waals surface area (Å²) in [5, 5.41) is 25.2. The normalized spacial score (nSPS) is 14.8. The Balaban J connectivity index is 1.73. The molecule has 1 aromatic rings. The number of methoxy groups -OCH3 is 1. The molecule has 2 rings (SSSR count). The van der Waals surface area contributed by atoms with E-state index in [1.807, 2.05) is 0 Å². The van der Waals surface area contributed by atoms with Crippen LogP contribution < -0.4 is 37.6 Å². The molecule has 66 heavy (non-hydrogen) atoms. The molecule has 9 N–H and O–H groups in total. The standard InChI is InChI=1S/C45H71N7O14/c1-32(2)41(44(59)51-36(12-9-20-48-45(46)60)42(57)49-34-15-13-33(30-53)14-16-34)52-43(58)37(17-18-40(56)61-3)50-38(54)19-22-62-24-26-64-28-29-65-27-25-63-23-21-47-39(55)31-66-35-10-7-5-4-6-8-11-35/h13-16,32,35-37,41,53H,4-7,9-10,12,17-31H2,1-3H3,(H,47,55)(H,49,57)(H,50,54)(H,51,59)(H,52,58)(H3,46,48,60). The summed E-state index contributed by atoms with van der Waals surface area (Å²) >= 11 is 0. The van der Waals surface area contributed by atoms with E-state index in [1.165, 1.54) is 7.11 Å². The predicted molar refractivity (Wildman–Crippen MR) is 241 cm³/mol. The lowest BCUT2D eigenvalue weighted by molar-refractivity contribution is -0.141. The number of primary amides is 1. The summed E-state index contributed by atoms with van der Waals surface area (Å²) in [4.78, 5) is 88.7. The Morgan fingerprint density at radius 1 is 0.727 bits per heavy atom. The molecule has 4 atom stereocenters. The molecule has 0 spiro atoms. The number of urea groups is 1. The molecule has 21 heteroatoms. The highest BCUT2D eigenvalue weighted by atomic mass is 16.6. The van der Waals surface area contributed by atoms with Gasteiger partial charge in [0.25, 0.3) is 0 Å². The van der Waals surface area contributed by atoms with E-state index < -0.39 is 59.7 Å². The fourth-order valence-electron chi connectivity index (χ4n) is 6.18. The molecule has 21 nitrogen and oxygen atoms in total. The van der Waals surface area contributed by atoms with Crippen LogP contribution in [-0.4, -0.2) is 151 Å². The third-order valence-corrected chi connectivity index (χ3v) is 9.87. The number of rotatable bonds is 34. The van der Waals surface area contributed by atoms with Crippen LogP contribution in [0.25, 0.3) is 0 Å². The second kappa shape index (κ2) is 34.9. The highest BCUT2D eigenvalue weighted by Crippen LogP contribution is 2.13. The van der Waals surface area contributed by atoms with Gasteiger partial charge in [-0.2, -0.15) is 0 Å². The summed E-state index contributed by atoms with van der Waals surface area (Å²) in [7, 11) is 1.19. The van der Waals surface area contributed by atoms with Crippen molar-refractivity contribution in [2.24, 2.45) is 11.7 Å². The van der Waals surface area contributed by atoms with Crippen LogP contribution in [0.4, 0.5) is 10.5 Å². The summed E-state index contributed by atoms with van der Waals surface area (Å²) in [6.07, 6.45) is 4.73. The number of hydrogen-bond donors (Lipinski definition) is 8. The van der Waals surface area contributed by atoms with Crippen molar-refractivity contribution in [1.29, 1.82) is 0 Å². The molecular weight excluding hydrogens is 863 g/mol. The van der Waals surface area contributed by atoms with E-state index in [0.717, 1.165) is 32.1 Å². The van der Waals surface area contributed by atoms with Gasteiger partial charge >= 0.3 is 12.0 Å². The van der Waals surface area contributed by atoms with Gasteiger partial charge in [0.1, 0.15) is 30.8 Å². The number of aliphatic hydroxyl groups excluding tert-OH is 1. The number of esters is 1. The van der Waals surface area contributed by atoms with Crippen LogP contribution in [0.5, 0.6) is 0 Å². The number of carbonyl (C=O) groups excluding carboxylic acids is 7. The van der Waals surface area contributed by atoms with Crippen LogP contribution in [-0.2, 0) is 63.8 Å². The zero-order valence-corrected chi connectivity index (χ0v) is 38.6. The van der Waals surface area contributed by atoms with Gasteiger partial charge < -0.3 is 71.2 Å². The van der Waals surface area contributed by atoms with Crippen molar-refractivity contribution < 1.29 is 67.1 Å². The van der Waals surface area contributed by atoms with Gasteiger partial charge in [0.15, 0.2) is 0 Å². The van der Waals surface area contributed by atoms with Crippen LogP contribution in [0.1, 0.15) is 83.6 Å². The number of anilines is 1. The second-order valence-electron chi connectivity index (χ2n) is 15.6. The maximum atomic E-state index is 13.7. The van der Waals surface area contributed by atoms with Crippen LogP contribution >= 0.6 is 0 Å². The summed E-state index contributed by atoms with van der Waals surface area (Å²) in [5.41, 5.74) is 6.21. The topological polar surface area (TPSA) is 293 Å². The zero-order valence-electron chi connectivity index (χ0n) is 38.6. The number of hydrogen-bond acceptors (Lipinski definition) is 14. The number of amides is 7. The predicted octanol–water partition coefficient (Wildman–Crippen LogP) is 0.555. The minimum atomic E-state index is -1.22. The first-order valence-electron chi connectivity index (χ1n) is 22.5. The molecule has 1 aliphatic carbocycles. The Morgan fingerprint density at radius 2 is 1.38 bits per heavy atom. The van der Waals surface area contributed by atoms with E-state index in [9.17, 15) is 38.7 Å². The number of aliphatic hydroxyl groups is 1. The molecule has 1 aromatic carbocycles. The molecule has 0 radical (unpaired) electrons. The van der Waals surface area contributed by atoms with Crippen molar-refractivity contribution in [3.05, 3.63) is 29.8 Å². The summed E-state index contributed by atoms with van der Waals surface area (Å²) in [6, 6.07) is 2.23. The quantitative estimate of drug-likeness (QED) is 0.0266. The van der Waals surface area contributed by atoms with Crippen LogP contribution in [0.2, 0.25) is 0 Å². The van der Waals surface area contributed by atoms with Gasteiger partial charge in [0, 0.05) is 38.0 Å². The number of nitrogens with two attached hydrogens (primary N) is 1. The molecule has 0 aromatic heterocycles. The summed E-state index contributed by atoms with van der Waals surface area (Å²) < 4.78 is 32.3. The third-order valence-electron chi connectivity index (χ3n) is 9.87. The van der Waals surface area contributed by atoms with Crippen molar-refractivity contribution in [3.8, 4) is 11.8 Å². The average Bonchev–Trinajstić information content (AvgIpc) is 3.28. The number of carbonyl (C=O) groups is 7. The van der Waals surface area contributed by atoms with Crippen molar-refractivity contribution in [3.63, 3.8) is 0 Å². The number of benzene rings is 1. The van der Waals surface area contributed by atoms with Gasteiger partial charge in [-0.3, -0.25) is 28.8 Å². The first-order chi connectivity index (χ1) is 31.8. The lowest BCUT2D eigenvalue weighted by Crippen LogP contribution is -2.58. The molecular formula is C45H71N7O14. The van der Waals surface area contributed by atoms with E-state index in [4.69, 9.17) is 34.2 Å². The molecule has 0 aliphatic heterocycles. The minimum Gasteiger partial charge on any atom is -0.469 e. The Morgan fingerprint density at radius 3 is 2.02 bits per heavy atom. The van der Waals surface area contributed by atoms with Gasteiger partial charge in [-0.15, -0.1) is 5.92 Å². The molecule has 0 bridgehead atoms. The number of nitrogens with one attached hydrogen (secondary N) is 6. The molecule has 7 amide bonds. The monoisotopic (exact) mass is 934 g/mol. The Bertz CT molecular complexity index is 1690. The molecule has 370 valence electrons. The Kier molecular flexibility index (Phi) is 30.0. The average molecular weight is 934 g/mol. The minimum absolute atomic E-state index is 0.0120. The van der Waals surface area contributed by atoms with Crippen molar-refractivity contribution >= 4 is 47.2 Å². The van der Waals surface area contributed by atoms with Crippen LogP contribution in [0.3, 0.4) is 0 Å². The van der Waals surface area contributed by atoms with Crippen molar-refractivity contribution in [2.45, 2.75) is 109 Å². The third kappa shape index (κ3) is 26.6. The second-order valence-corrected chi connectivity index (χ2v) is 15.6. The molecule has 1 aliphatic rings. The van der Waals surface area contributed by atoms with E-state index >= 15 is 0 Å². The molecule has 0 saturated carbocycles. The largest absolute Gasteiger partial charge is 0.469 e. The zero-order chi connectivity index (χ0) is 48.4. The maximum Gasteiger partial charge on any atom is 0.312 e. The van der Waals surface area contributed by atoms with Crippen molar-refractivity contribution in [1.82, 2.24) is 26.6 Å². The highest BCUT2D eigenvalue weighted by molar-refractivity contribution is 5.99. The van der Waals surface area contributed by atoms with Gasteiger partial charge in [0.2, 0.25) is 29.5 Å². The van der Waals surface area contributed by atoms with E-state index in [1.54, 1.807) is 38.1 Å². The van der Waals surface area contributed by atoms with E-state index in [0.29, 0.717) is 50.8 Å². The smallest absolute Gasteiger partial charge is 0.312 e. The first-order valence-corrected chi connectivity index (χ1v) is 22.5. The highest BCUT2D eigenvalue weighted by Gasteiger charge is 2.32. The fourth-order valence-corrected chi connectivity index (χ4v) is 6.18. The SMILES string of the molecule is COC(=O)CCC(NC(=O)CCOCCOCCOCCOCCNC(=O)COC1C#CCCCCC1)C(=O)NC(C(=O)NC(CCCNC(N)=O)C(=O)Nc1ccc(CO)cc1)C(C)C. The van der Waals surface area contributed by atoms with Crippen LogP contribution in [0, 0.1) is 17.8 Å². The van der Waals surface area contributed by atoms with Crippen LogP contribution in [0.15, 0.2) is 24.3 Å². The lowest BCUT2D eigenvalue weighted by atomic mass is 10.0. The van der Waals surface area contributed by atoms with Gasteiger partial charge in [0.05, 0.1) is 66.6 Å². The Labute approximate surface area is 387 Å². The maximum absolute atomic E-state index is 13.7. The van der Waals surface area contributed by atoms with Gasteiger partial charge in [-0.25, -0.2) is 4.79 Å². The Hall–Kier alpha value is -5.37. The van der Waals surface area contributed by atoms with E-state index in [-0.39, 0.29) is 83.7 Å².